The van der Waals surface area contributed by atoms with Gasteiger partial charge in [-0.15, -0.1) is 0 Å². The maximum atomic E-state index is 10.8. The second-order valence-corrected chi connectivity index (χ2v) is 10.3. The Morgan fingerprint density at radius 3 is 2.00 bits per heavy atom. The van der Waals surface area contributed by atoms with E-state index in [-0.39, 0.29) is 24.9 Å². The molecule has 0 bridgehead atoms. The standard InChI is InChI=1S/C32H46O5/c1-8-31(36,9-2)20-24(7)28-15-12-25(18-22(28)5)32(10-3,11-4)26-13-16-29(23(6)19-26)37-21-27(33)14-17-30(34)35/h12-13,15-16,18-20,27,33,36H,8-11,14,17,21H2,1-7H3,(H,34,35). The number of ether oxygens (including phenoxy) is 1. The van der Waals surface area contributed by atoms with Crippen LogP contribution in [0.4, 0.5) is 0 Å². The lowest BCUT2D eigenvalue weighted by molar-refractivity contribution is -0.137. The van der Waals surface area contributed by atoms with Crippen molar-refractivity contribution in [3.05, 3.63) is 70.3 Å². The van der Waals surface area contributed by atoms with Crippen molar-refractivity contribution in [2.45, 2.75) is 104 Å². The zero-order valence-electron chi connectivity index (χ0n) is 23.7. The predicted octanol–water partition coefficient (Wildman–Crippen LogP) is 6.97. The van der Waals surface area contributed by atoms with Gasteiger partial charge in [0.25, 0.3) is 0 Å². The van der Waals surface area contributed by atoms with Gasteiger partial charge in [-0.3, -0.25) is 4.79 Å². The van der Waals surface area contributed by atoms with E-state index in [0.29, 0.717) is 18.6 Å². The third-order valence-electron chi connectivity index (χ3n) is 7.97. The van der Waals surface area contributed by atoms with Crippen molar-refractivity contribution in [3.63, 3.8) is 0 Å². The summed E-state index contributed by atoms with van der Waals surface area (Å²) < 4.78 is 5.82. The van der Waals surface area contributed by atoms with Gasteiger partial charge in [-0.1, -0.05) is 58.0 Å². The van der Waals surface area contributed by atoms with Gasteiger partial charge in [-0.25, -0.2) is 0 Å². The molecule has 0 saturated carbocycles. The lowest BCUT2D eigenvalue weighted by Crippen LogP contribution is -2.26. The van der Waals surface area contributed by atoms with E-state index in [1.807, 2.05) is 32.9 Å². The topological polar surface area (TPSA) is 87.0 Å². The van der Waals surface area contributed by atoms with Gasteiger partial charge in [-0.2, -0.15) is 0 Å². The molecule has 0 aliphatic rings. The zero-order chi connectivity index (χ0) is 27.8. The highest BCUT2D eigenvalue weighted by atomic mass is 16.5. The monoisotopic (exact) mass is 510 g/mol. The molecule has 0 spiro atoms. The Bertz CT molecular complexity index is 1080. The second-order valence-electron chi connectivity index (χ2n) is 10.3. The smallest absolute Gasteiger partial charge is 0.303 e. The van der Waals surface area contributed by atoms with Gasteiger partial charge >= 0.3 is 5.97 Å². The first-order valence-electron chi connectivity index (χ1n) is 13.6. The van der Waals surface area contributed by atoms with E-state index in [0.717, 1.165) is 29.5 Å². The van der Waals surface area contributed by atoms with E-state index in [2.05, 4.69) is 58.0 Å². The molecule has 5 heteroatoms. The van der Waals surface area contributed by atoms with Crippen LogP contribution in [0.1, 0.15) is 101 Å². The number of carboxylic acid groups (broad SMARTS) is 1. The number of rotatable bonds is 14. The van der Waals surface area contributed by atoms with E-state index in [1.165, 1.54) is 16.7 Å². The van der Waals surface area contributed by atoms with Gasteiger partial charge < -0.3 is 20.1 Å². The number of carboxylic acids is 1. The van der Waals surface area contributed by atoms with Crippen LogP contribution in [0.3, 0.4) is 0 Å². The minimum atomic E-state index is -0.923. The Morgan fingerprint density at radius 2 is 1.51 bits per heavy atom. The first kappa shape index (κ1) is 30.6. The summed E-state index contributed by atoms with van der Waals surface area (Å²) in [5.41, 5.74) is 5.99. The number of benzene rings is 2. The SMILES string of the molecule is CCC(O)(C=C(C)c1ccc(C(CC)(CC)c2ccc(OCC(O)CCC(=O)O)c(C)c2)cc1C)CC. The van der Waals surface area contributed by atoms with Crippen molar-refractivity contribution in [2.75, 3.05) is 6.61 Å². The summed E-state index contributed by atoms with van der Waals surface area (Å²) in [7, 11) is 0. The Hall–Kier alpha value is -2.63. The molecule has 1 unspecified atom stereocenters. The Kier molecular flexibility index (Phi) is 11.0. The highest BCUT2D eigenvalue weighted by molar-refractivity contribution is 5.68. The van der Waals surface area contributed by atoms with Crippen molar-refractivity contribution in [2.24, 2.45) is 0 Å². The van der Waals surface area contributed by atoms with Crippen LogP contribution in [0.25, 0.3) is 5.57 Å². The fourth-order valence-corrected chi connectivity index (χ4v) is 5.24. The predicted molar refractivity (Wildman–Crippen MR) is 151 cm³/mol. The summed E-state index contributed by atoms with van der Waals surface area (Å²) in [6.07, 6.45) is 4.53. The summed E-state index contributed by atoms with van der Waals surface area (Å²) in [6, 6.07) is 12.9. The lowest BCUT2D eigenvalue weighted by Gasteiger charge is -2.34. The van der Waals surface area contributed by atoms with Crippen molar-refractivity contribution >= 4 is 11.5 Å². The van der Waals surface area contributed by atoms with Crippen molar-refractivity contribution < 1.29 is 24.9 Å². The number of aliphatic hydroxyl groups excluding tert-OH is 1. The summed E-state index contributed by atoms with van der Waals surface area (Å²) in [4.78, 5) is 10.7. The van der Waals surface area contributed by atoms with Crippen LogP contribution in [0.2, 0.25) is 0 Å². The average molecular weight is 511 g/mol. The number of hydrogen-bond acceptors (Lipinski definition) is 4. The fraction of sp³-hybridized carbons (Fsp3) is 0.531. The van der Waals surface area contributed by atoms with Crippen molar-refractivity contribution in [1.82, 2.24) is 0 Å². The first-order valence-corrected chi connectivity index (χ1v) is 13.6. The summed E-state index contributed by atoms with van der Waals surface area (Å²) in [5, 5.41) is 29.6. The molecule has 37 heavy (non-hydrogen) atoms. The maximum absolute atomic E-state index is 10.8. The minimum absolute atomic E-state index is 0.0683. The molecule has 0 aliphatic carbocycles. The molecule has 1 atom stereocenters. The molecular formula is C32H46O5. The van der Waals surface area contributed by atoms with Crippen LogP contribution in [0, 0.1) is 13.8 Å². The summed E-state index contributed by atoms with van der Waals surface area (Å²) >= 11 is 0. The Balaban J connectivity index is 2.35. The van der Waals surface area contributed by atoms with Crippen LogP contribution < -0.4 is 4.74 Å². The van der Waals surface area contributed by atoms with E-state index in [9.17, 15) is 15.0 Å². The van der Waals surface area contributed by atoms with Crippen LogP contribution in [-0.4, -0.2) is 39.6 Å². The van der Waals surface area contributed by atoms with Gasteiger partial charge in [-0.05, 0) is 98.4 Å². The van der Waals surface area contributed by atoms with Crippen LogP contribution in [0.15, 0.2) is 42.5 Å². The molecular weight excluding hydrogens is 464 g/mol. The van der Waals surface area contributed by atoms with Gasteiger partial charge in [0.1, 0.15) is 12.4 Å². The average Bonchev–Trinajstić information content (AvgIpc) is 2.87. The highest BCUT2D eigenvalue weighted by Gasteiger charge is 2.31. The highest BCUT2D eigenvalue weighted by Crippen LogP contribution is 2.41. The lowest BCUT2D eigenvalue weighted by atomic mass is 9.69. The number of aliphatic hydroxyl groups is 2. The zero-order valence-corrected chi connectivity index (χ0v) is 23.7. The van der Waals surface area contributed by atoms with E-state index in [1.54, 1.807) is 0 Å². The molecule has 204 valence electrons. The minimum Gasteiger partial charge on any atom is -0.491 e. The molecule has 2 aromatic carbocycles. The molecule has 0 heterocycles. The fourth-order valence-electron chi connectivity index (χ4n) is 5.24. The Labute approximate surface area is 223 Å². The van der Waals surface area contributed by atoms with E-state index >= 15 is 0 Å². The number of hydrogen-bond donors (Lipinski definition) is 3. The van der Waals surface area contributed by atoms with Crippen molar-refractivity contribution in [1.29, 1.82) is 0 Å². The molecule has 0 aliphatic heterocycles. The number of aliphatic carboxylic acids is 1. The van der Waals surface area contributed by atoms with Gasteiger partial charge in [0, 0.05) is 11.8 Å². The normalized spacial score (nSPS) is 13.5. The van der Waals surface area contributed by atoms with Gasteiger partial charge in [0.2, 0.25) is 0 Å². The third-order valence-corrected chi connectivity index (χ3v) is 7.97. The number of carbonyl (C=O) groups is 1. The number of aryl methyl sites for hydroxylation is 2. The largest absolute Gasteiger partial charge is 0.491 e. The first-order chi connectivity index (χ1) is 17.4. The molecule has 0 saturated heterocycles. The molecule has 0 amide bonds. The van der Waals surface area contributed by atoms with Crippen LogP contribution >= 0.6 is 0 Å². The summed E-state index contributed by atoms with van der Waals surface area (Å²) in [6.45, 7) is 14.8. The van der Waals surface area contributed by atoms with Crippen LogP contribution in [0.5, 0.6) is 5.75 Å². The van der Waals surface area contributed by atoms with Gasteiger partial charge in [0.15, 0.2) is 0 Å². The molecule has 0 radical (unpaired) electrons. The molecule has 3 N–H and O–H groups in total. The maximum Gasteiger partial charge on any atom is 0.303 e. The quantitative estimate of drug-likeness (QED) is 0.255. The third kappa shape index (κ3) is 7.45. The van der Waals surface area contributed by atoms with Gasteiger partial charge in [0.05, 0.1) is 11.7 Å². The molecule has 0 fully saturated rings. The van der Waals surface area contributed by atoms with E-state index in [4.69, 9.17) is 9.84 Å². The molecule has 2 aromatic rings. The second kappa shape index (κ2) is 13.3. The van der Waals surface area contributed by atoms with Crippen molar-refractivity contribution in [3.8, 4) is 5.75 Å². The molecule has 5 nitrogen and oxygen atoms in total. The Morgan fingerprint density at radius 1 is 0.946 bits per heavy atom. The molecule has 0 aromatic heterocycles. The molecule has 2 rings (SSSR count). The van der Waals surface area contributed by atoms with Crippen LogP contribution in [-0.2, 0) is 10.2 Å². The number of allylic oxidation sites excluding steroid dienone is 1. The summed E-state index contributed by atoms with van der Waals surface area (Å²) in [5.74, 6) is -0.223. The van der Waals surface area contributed by atoms with E-state index < -0.39 is 17.7 Å².